The molecule has 1 N–H and O–H groups in total. The molecule has 0 radical (unpaired) electrons. The van der Waals surface area contributed by atoms with Gasteiger partial charge < -0.3 is 19.3 Å². The van der Waals surface area contributed by atoms with Gasteiger partial charge in [0.05, 0.1) is 6.61 Å². The van der Waals surface area contributed by atoms with Crippen LogP contribution in [-0.2, 0) is 19.0 Å². The first-order valence-corrected chi connectivity index (χ1v) is 13.0. The average molecular weight is 473 g/mol. The van der Waals surface area contributed by atoms with Crippen LogP contribution in [0.1, 0.15) is 72.6 Å². The molecule has 3 rings (SSSR count). The number of aliphatic hydroxyl groups is 1. The van der Waals surface area contributed by atoms with Gasteiger partial charge in [0.25, 0.3) is 0 Å². The lowest BCUT2D eigenvalue weighted by atomic mass is 9.50. The van der Waals surface area contributed by atoms with Crippen LogP contribution in [-0.4, -0.2) is 42.8 Å². The maximum atomic E-state index is 12.6. The number of hydrogen-bond acceptors (Lipinski definition) is 5. The van der Waals surface area contributed by atoms with Crippen molar-refractivity contribution < 1.29 is 24.1 Å². The Labute approximate surface area is 205 Å². The Balaban J connectivity index is 1.61. The summed E-state index contributed by atoms with van der Waals surface area (Å²) < 4.78 is 17.7. The van der Waals surface area contributed by atoms with Crippen LogP contribution in [0.4, 0.5) is 0 Å². The summed E-state index contributed by atoms with van der Waals surface area (Å²) in [5, 5.41) is 11.3. The molecule has 0 bridgehead atoms. The van der Waals surface area contributed by atoms with Crippen molar-refractivity contribution in [3.05, 3.63) is 48.1 Å². The molecule has 0 unspecified atom stereocenters. The van der Waals surface area contributed by atoms with Crippen LogP contribution in [0.15, 0.2) is 48.1 Å². The molecule has 0 aromatic heterocycles. The third-order valence-electron chi connectivity index (χ3n) is 8.64. The number of carbonyl (C=O) groups excluding carboxylic acids is 1. The number of hydrogen-bond donors (Lipinski definition) is 1. The first-order chi connectivity index (χ1) is 16.2. The Morgan fingerprint density at radius 1 is 1.29 bits per heavy atom. The number of rotatable bonds is 9. The first kappa shape index (κ1) is 26.9. The minimum atomic E-state index is -0.998. The molecule has 0 aromatic carbocycles. The molecule has 2 aliphatic carbocycles. The molecule has 1 heterocycles. The normalized spacial score (nSPS) is 38.4. The van der Waals surface area contributed by atoms with Gasteiger partial charge in [-0.25, -0.2) is 4.79 Å². The molecule has 190 valence electrons. The van der Waals surface area contributed by atoms with E-state index in [4.69, 9.17) is 14.2 Å². The van der Waals surface area contributed by atoms with Crippen molar-refractivity contribution in [2.24, 2.45) is 23.2 Å². The monoisotopic (exact) mass is 472 g/mol. The van der Waals surface area contributed by atoms with Gasteiger partial charge in [0, 0.05) is 19.1 Å². The second-order valence-electron chi connectivity index (χ2n) is 10.7. The molecule has 0 amide bonds. The van der Waals surface area contributed by atoms with E-state index >= 15 is 0 Å². The van der Waals surface area contributed by atoms with Crippen molar-refractivity contribution in [1.82, 2.24) is 0 Å². The number of carbonyl (C=O) groups is 1. The van der Waals surface area contributed by atoms with Crippen molar-refractivity contribution in [2.45, 2.75) is 90.6 Å². The molecule has 7 atom stereocenters. The van der Waals surface area contributed by atoms with E-state index < -0.39 is 11.9 Å². The standard InChI is InChI=1S/C29H44O5/c1-7-8-9-10-11-13-20(2)14-12-15-26(30)34-25-17-16-23-27(31)29(32-6)24(21(3)19-33-29)18-28(23,5)22(25)4/h11-15,22-25,27,31H,3,7-10,16-19H2,1-2,4-6H3/b13-11+,15-12+,20-14+/t22-,23-,24-,25+,27-,28+,29-/m0/s1. The first-order valence-electron chi connectivity index (χ1n) is 13.0. The number of esters is 1. The van der Waals surface area contributed by atoms with E-state index in [1.54, 1.807) is 13.2 Å². The molecule has 1 saturated heterocycles. The fraction of sp³-hybridized carbons (Fsp3) is 0.690. The summed E-state index contributed by atoms with van der Waals surface area (Å²) >= 11 is 0. The molecule has 1 aliphatic heterocycles. The average Bonchev–Trinajstić information content (AvgIpc) is 3.13. The van der Waals surface area contributed by atoms with Gasteiger partial charge in [-0.05, 0) is 61.9 Å². The van der Waals surface area contributed by atoms with E-state index in [2.05, 4.69) is 39.5 Å². The Morgan fingerprint density at radius 2 is 2.06 bits per heavy atom. The van der Waals surface area contributed by atoms with E-state index in [1.807, 2.05) is 13.0 Å². The molecule has 0 spiro atoms. The highest BCUT2D eigenvalue weighted by Crippen LogP contribution is 2.61. The van der Waals surface area contributed by atoms with E-state index in [0.29, 0.717) is 6.61 Å². The largest absolute Gasteiger partial charge is 0.459 e. The van der Waals surface area contributed by atoms with E-state index in [1.165, 1.54) is 25.3 Å². The van der Waals surface area contributed by atoms with E-state index in [-0.39, 0.29) is 35.2 Å². The summed E-state index contributed by atoms with van der Waals surface area (Å²) in [7, 11) is 1.61. The van der Waals surface area contributed by atoms with Crippen LogP contribution in [0.3, 0.4) is 0 Å². The van der Waals surface area contributed by atoms with Crippen LogP contribution < -0.4 is 0 Å². The van der Waals surface area contributed by atoms with Gasteiger partial charge in [0.1, 0.15) is 12.2 Å². The lowest BCUT2D eigenvalue weighted by Gasteiger charge is -2.59. The minimum Gasteiger partial charge on any atom is -0.459 e. The molecule has 5 nitrogen and oxygen atoms in total. The van der Waals surface area contributed by atoms with Crippen LogP contribution in [0.25, 0.3) is 0 Å². The summed E-state index contributed by atoms with van der Waals surface area (Å²) in [5.74, 6) is -1.25. The number of ether oxygens (including phenoxy) is 3. The van der Waals surface area contributed by atoms with Gasteiger partial charge in [0.15, 0.2) is 0 Å². The van der Waals surface area contributed by atoms with Crippen molar-refractivity contribution in [3.8, 4) is 0 Å². The van der Waals surface area contributed by atoms with Gasteiger partial charge in [-0.1, -0.05) is 70.1 Å². The SMILES string of the molecule is C=C1CO[C@@]2(OC)[C@H]1C[C@]1(C)[C@@H](C)[C@H](OC(=O)/C=C/C=C(C)/C=C/CCCCC)CC[C@H]1[C@@H]2O. The maximum absolute atomic E-state index is 12.6. The number of allylic oxidation sites excluding steroid dienone is 5. The third kappa shape index (κ3) is 5.27. The molecule has 0 aromatic rings. The highest BCUT2D eigenvalue weighted by molar-refractivity contribution is 5.82. The van der Waals surface area contributed by atoms with Crippen molar-refractivity contribution in [2.75, 3.05) is 13.7 Å². The van der Waals surface area contributed by atoms with Gasteiger partial charge in [-0.15, -0.1) is 0 Å². The molecular formula is C29H44O5. The van der Waals surface area contributed by atoms with Gasteiger partial charge >= 0.3 is 5.97 Å². The molecule has 3 aliphatic rings. The molecule has 34 heavy (non-hydrogen) atoms. The quantitative estimate of drug-likeness (QED) is 0.149. The molecule has 3 fully saturated rings. The van der Waals surface area contributed by atoms with Crippen molar-refractivity contribution in [3.63, 3.8) is 0 Å². The summed E-state index contributed by atoms with van der Waals surface area (Å²) in [6, 6.07) is 0. The highest BCUT2D eigenvalue weighted by Gasteiger charge is 2.65. The summed E-state index contributed by atoms with van der Waals surface area (Å²) in [6.07, 6.45) is 15.7. The van der Waals surface area contributed by atoms with Crippen LogP contribution in [0.5, 0.6) is 0 Å². The Kier molecular flexibility index (Phi) is 8.99. The third-order valence-corrected chi connectivity index (χ3v) is 8.64. The smallest absolute Gasteiger partial charge is 0.331 e. The lowest BCUT2D eigenvalue weighted by Crippen LogP contribution is -2.64. The van der Waals surface area contributed by atoms with Gasteiger partial charge in [0.2, 0.25) is 5.79 Å². The zero-order valence-corrected chi connectivity index (χ0v) is 21.7. The van der Waals surface area contributed by atoms with Crippen molar-refractivity contribution >= 4 is 5.97 Å². The van der Waals surface area contributed by atoms with Crippen LogP contribution >= 0.6 is 0 Å². The van der Waals surface area contributed by atoms with Crippen LogP contribution in [0, 0.1) is 23.2 Å². The second kappa shape index (κ2) is 11.4. The number of methoxy groups -OCH3 is 1. The van der Waals surface area contributed by atoms with Gasteiger partial charge in [-0.2, -0.15) is 0 Å². The Morgan fingerprint density at radius 3 is 2.76 bits per heavy atom. The Hall–Kier alpha value is -1.69. The molecular weight excluding hydrogens is 428 g/mol. The fourth-order valence-corrected chi connectivity index (χ4v) is 6.32. The molecule has 5 heteroatoms. The van der Waals surface area contributed by atoms with Crippen molar-refractivity contribution in [1.29, 1.82) is 0 Å². The number of fused-ring (bicyclic) bond motifs is 2. The number of aliphatic hydroxyl groups excluding tert-OH is 1. The summed E-state index contributed by atoms with van der Waals surface area (Å²) in [5.41, 5.74) is 1.88. The molecule has 2 saturated carbocycles. The van der Waals surface area contributed by atoms with E-state index in [9.17, 15) is 9.90 Å². The zero-order chi connectivity index (χ0) is 24.9. The fourth-order valence-electron chi connectivity index (χ4n) is 6.32. The second-order valence-corrected chi connectivity index (χ2v) is 10.7. The minimum absolute atomic E-state index is 0.0183. The zero-order valence-electron chi connectivity index (χ0n) is 21.7. The number of unbranched alkanes of at least 4 members (excludes halogenated alkanes) is 3. The maximum Gasteiger partial charge on any atom is 0.331 e. The van der Waals surface area contributed by atoms with Gasteiger partial charge in [-0.3, -0.25) is 0 Å². The van der Waals surface area contributed by atoms with Crippen LogP contribution in [0.2, 0.25) is 0 Å². The predicted molar refractivity (Wildman–Crippen MR) is 135 cm³/mol. The van der Waals surface area contributed by atoms with E-state index in [0.717, 1.165) is 36.8 Å². The highest BCUT2D eigenvalue weighted by atomic mass is 16.7. The topological polar surface area (TPSA) is 65.0 Å². The summed E-state index contributed by atoms with van der Waals surface area (Å²) in [6.45, 7) is 13.2. The summed E-state index contributed by atoms with van der Waals surface area (Å²) in [4.78, 5) is 12.6. The lowest BCUT2D eigenvalue weighted by molar-refractivity contribution is -0.317. The predicted octanol–water partition coefficient (Wildman–Crippen LogP) is 5.90. The Bertz CT molecular complexity index is 826.